The van der Waals surface area contributed by atoms with Gasteiger partial charge in [0.25, 0.3) is 0 Å². The van der Waals surface area contributed by atoms with E-state index in [-0.39, 0.29) is 0 Å². The summed E-state index contributed by atoms with van der Waals surface area (Å²) in [4.78, 5) is 17.4. The number of hydrogen-bond donors (Lipinski definition) is 0. The molecule has 1 aromatic heterocycles. The molecule has 6 heteroatoms. The van der Waals surface area contributed by atoms with Crippen LogP contribution in [0.2, 0.25) is 0 Å². The maximum absolute atomic E-state index is 10.7. The maximum atomic E-state index is 10.7. The summed E-state index contributed by atoms with van der Waals surface area (Å²) in [6, 6.07) is 61.9. The number of nitriles is 1. The fourth-order valence-electron chi connectivity index (χ4n) is 8.06. The number of anilines is 3. The van der Waals surface area contributed by atoms with E-state index in [2.05, 4.69) is 102 Å². The molecule has 0 unspecified atom stereocenters. The summed E-state index contributed by atoms with van der Waals surface area (Å²) in [5.74, 6) is 3.12. The van der Waals surface area contributed by atoms with Crippen LogP contribution in [0.25, 0.3) is 34.2 Å². The van der Waals surface area contributed by atoms with Crippen LogP contribution in [-0.4, -0.2) is 15.0 Å². The normalized spacial score (nSPS) is 13.2. The molecule has 53 heavy (non-hydrogen) atoms. The number of ether oxygens (including phenoxy) is 1. The van der Waals surface area contributed by atoms with E-state index in [9.17, 15) is 5.26 Å². The quantitative estimate of drug-likeness (QED) is 0.184. The van der Waals surface area contributed by atoms with Crippen molar-refractivity contribution in [2.75, 3.05) is 4.90 Å². The highest BCUT2D eigenvalue weighted by atomic mass is 16.5. The van der Waals surface area contributed by atoms with Gasteiger partial charge in [-0.25, -0.2) is 15.0 Å². The first-order valence-corrected chi connectivity index (χ1v) is 17.5. The van der Waals surface area contributed by atoms with E-state index in [0.29, 0.717) is 28.6 Å². The standard InChI is InChI=1S/C47H29N5O/c48-30-33-20-15-27-40(43(33)46-50-44(31-16-3-1-4-17-31)49-45(51-46)32-18-5-2-6-19-32)52-38-25-11-7-21-34(38)47(35-22-8-12-26-39(35)52)36-23-9-13-28-41(36)53-42-29-14-10-24-37(42)47/h1-29H. The van der Waals surface area contributed by atoms with E-state index in [1.807, 2.05) is 84.9 Å². The number of hydrogen-bond acceptors (Lipinski definition) is 6. The van der Waals surface area contributed by atoms with E-state index in [0.717, 1.165) is 61.9 Å². The van der Waals surface area contributed by atoms with Crippen LogP contribution in [0.5, 0.6) is 11.5 Å². The van der Waals surface area contributed by atoms with Gasteiger partial charge in [-0.3, -0.25) is 0 Å². The number of fused-ring (bicyclic) bond motifs is 8. The Morgan fingerprint density at radius 3 is 1.40 bits per heavy atom. The monoisotopic (exact) mass is 679 g/mol. The highest BCUT2D eigenvalue weighted by Crippen LogP contribution is 2.63. The van der Waals surface area contributed by atoms with Crippen molar-refractivity contribution < 1.29 is 4.74 Å². The van der Waals surface area contributed by atoms with Gasteiger partial charge in [0.1, 0.15) is 11.5 Å². The number of aromatic nitrogens is 3. The SMILES string of the molecule is N#Cc1cccc(N2c3ccccc3C3(c4ccccc4Oc4ccccc43)c3ccccc32)c1-c1nc(-c2ccccc2)nc(-c2ccccc2)n1. The van der Waals surface area contributed by atoms with Crippen LogP contribution in [0.4, 0.5) is 17.1 Å². The zero-order chi connectivity index (χ0) is 35.4. The van der Waals surface area contributed by atoms with Crippen LogP contribution in [-0.2, 0) is 5.41 Å². The summed E-state index contributed by atoms with van der Waals surface area (Å²) < 4.78 is 6.58. The first kappa shape index (κ1) is 30.5. The smallest absolute Gasteiger partial charge is 0.167 e. The predicted molar refractivity (Wildman–Crippen MR) is 207 cm³/mol. The molecule has 1 spiro atoms. The predicted octanol–water partition coefficient (Wildman–Crippen LogP) is 11.0. The summed E-state index contributed by atoms with van der Waals surface area (Å²) in [5.41, 5.74) is 9.21. The Labute approximate surface area is 306 Å². The lowest BCUT2D eigenvalue weighted by atomic mass is 9.61. The zero-order valence-corrected chi connectivity index (χ0v) is 28.4. The molecule has 248 valence electrons. The number of rotatable bonds is 4. The van der Waals surface area contributed by atoms with Crippen molar-refractivity contribution in [3.05, 3.63) is 204 Å². The molecule has 0 saturated carbocycles. The molecule has 8 aromatic rings. The van der Waals surface area contributed by atoms with Crippen LogP contribution in [0, 0.1) is 11.3 Å². The van der Waals surface area contributed by atoms with Gasteiger partial charge in [0.05, 0.1) is 39.7 Å². The molecule has 3 heterocycles. The largest absolute Gasteiger partial charge is 0.457 e. The average molecular weight is 680 g/mol. The lowest BCUT2D eigenvalue weighted by Crippen LogP contribution is -2.39. The number of nitrogens with zero attached hydrogens (tertiary/aromatic N) is 5. The molecule has 0 amide bonds. The molecule has 2 aliphatic heterocycles. The second-order valence-electron chi connectivity index (χ2n) is 13.1. The van der Waals surface area contributed by atoms with E-state index in [1.54, 1.807) is 0 Å². The van der Waals surface area contributed by atoms with Gasteiger partial charge in [0, 0.05) is 22.3 Å². The van der Waals surface area contributed by atoms with Crippen molar-refractivity contribution in [2.24, 2.45) is 0 Å². The van der Waals surface area contributed by atoms with Gasteiger partial charge in [0.15, 0.2) is 17.5 Å². The molecule has 0 N–H and O–H groups in total. The molecule has 7 aromatic carbocycles. The molecule has 0 radical (unpaired) electrons. The Morgan fingerprint density at radius 1 is 0.434 bits per heavy atom. The summed E-state index contributed by atoms with van der Waals surface area (Å²) in [6.07, 6.45) is 0. The Balaban J connectivity index is 1.28. The van der Waals surface area contributed by atoms with Gasteiger partial charge in [-0.1, -0.05) is 140 Å². The van der Waals surface area contributed by atoms with E-state index in [4.69, 9.17) is 19.7 Å². The molecule has 2 aliphatic rings. The highest BCUT2D eigenvalue weighted by molar-refractivity contribution is 5.96. The van der Waals surface area contributed by atoms with Crippen molar-refractivity contribution >= 4 is 17.1 Å². The van der Waals surface area contributed by atoms with Gasteiger partial charge < -0.3 is 9.64 Å². The van der Waals surface area contributed by atoms with Gasteiger partial charge >= 0.3 is 0 Å². The molecule has 0 fully saturated rings. The fraction of sp³-hybridized carbons (Fsp3) is 0.0213. The van der Waals surface area contributed by atoms with Gasteiger partial charge in [0.2, 0.25) is 0 Å². The van der Waals surface area contributed by atoms with Crippen LogP contribution in [0.1, 0.15) is 27.8 Å². The van der Waals surface area contributed by atoms with Crippen LogP contribution >= 0.6 is 0 Å². The molecule has 0 saturated heterocycles. The number of benzene rings is 7. The molecular weight excluding hydrogens is 651 g/mol. The zero-order valence-electron chi connectivity index (χ0n) is 28.4. The summed E-state index contributed by atoms with van der Waals surface area (Å²) in [6.45, 7) is 0. The third-order valence-corrected chi connectivity index (χ3v) is 10.2. The van der Waals surface area contributed by atoms with Crippen molar-refractivity contribution in [1.29, 1.82) is 5.26 Å². The van der Waals surface area contributed by atoms with Crippen molar-refractivity contribution in [3.8, 4) is 51.7 Å². The van der Waals surface area contributed by atoms with E-state index in [1.165, 1.54) is 0 Å². The first-order valence-electron chi connectivity index (χ1n) is 17.5. The molecule has 10 rings (SSSR count). The minimum absolute atomic E-state index is 0.418. The highest BCUT2D eigenvalue weighted by Gasteiger charge is 2.51. The second kappa shape index (κ2) is 12.2. The molecular formula is C47H29N5O. The van der Waals surface area contributed by atoms with Crippen LogP contribution in [0.3, 0.4) is 0 Å². The Hall–Kier alpha value is -7.36. The minimum Gasteiger partial charge on any atom is -0.457 e. The lowest BCUT2D eigenvalue weighted by molar-refractivity contribution is 0.434. The van der Waals surface area contributed by atoms with Gasteiger partial charge in [-0.05, 0) is 47.5 Å². The van der Waals surface area contributed by atoms with Gasteiger partial charge in [-0.15, -0.1) is 0 Å². The van der Waals surface area contributed by atoms with Crippen LogP contribution in [0.15, 0.2) is 176 Å². The van der Waals surface area contributed by atoms with Crippen molar-refractivity contribution in [2.45, 2.75) is 5.41 Å². The fourth-order valence-corrected chi connectivity index (χ4v) is 8.06. The average Bonchev–Trinajstić information content (AvgIpc) is 3.24. The lowest BCUT2D eigenvalue weighted by Gasteiger charge is -2.48. The first-order chi connectivity index (χ1) is 26.3. The Kier molecular flexibility index (Phi) is 6.98. The Morgan fingerprint density at radius 2 is 0.868 bits per heavy atom. The third kappa shape index (κ3) is 4.61. The third-order valence-electron chi connectivity index (χ3n) is 10.2. The summed E-state index contributed by atoms with van der Waals surface area (Å²) in [7, 11) is 0. The van der Waals surface area contributed by atoms with Crippen molar-refractivity contribution in [1.82, 2.24) is 15.0 Å². The summed E-state index contributed by atoms with van der Waals surface area (Å²) >= 11 is 0. The van der Waals surface area contributed by atoms with E-state index < -0.39 is 5.41 Å². The minimum atomic E-state index is -0.684. The molecule has 0 atom stereocenters. The van der Waals surface area contributed by atoms with Crippen LogP contribution < -0.4 is 9.64 Å². The second-order valence-corrected chi connectivity index (χ2v) is 13.1. The molecule has 0 bridgehead atoms. The number of para-hydroxylation sites is 4. The molecule has 0 aliphatic carbocycles. The van der Waals surface area contributed by atoms with Gasteiger partial charge in [-0.2, -0.15) is 5.26 Å². The topological polar surface area (TPSA) is 74.9 Å². The molecule has 6 nitrogen and oxygen atoms in total. The summed E-state index contributed by atoms with van der Waals surface area (Å²) in [5, 5.41) is 10.7. The van der Waals surface area contributed by atoms with Crippen molar-refractivity contribution in [3.63, 3.8) is 0 Å². The maximum Gasteiger partial charge on any atom is 0.167 e. The van der Waals surface area contributed by atoms with E-state index >= 15 is 0 Å². The Bertz CT molecular complexity index is 2590.